The van der Waals surface area contributed by atoms with E-state index in [1.165, 1.54) is 4.90 Å². The summed E-state index contributed by atoms with van der Waals surface area (Å²) in [5, 5.41) is 0. The molecule has 3 fully saturated rings. The summed E-state index contributed by atoms with van der Waals surface area (Å²) in [6.07, 6.45) is 1.11. The highest BCUT2D eigenvalue weighted by Crippen LogP contribution is 2.48. The summed E-state index contributed by atoms with van der Waals surface area (Å²) < 4.78 is 42.8. The lowest BCUT2D eigenvalue weighted by Crippen LogP contribution is -2.70. The quantitative estimate of drug-likeness (QED) is 0.760. The topological polar surface area (TPSA) is 63.7 Å². The van der Waals surface area contributed by atoms with E-state index in [2.05, 4.69) is 0 Å². The molecule has 1 amide bonds. The smallest absolute Gasteiger partial charge is 0.260 e. The first-order chi connectivity index (χ1) is 9.35. The Hall–Kier alpha value is -0.690. The third-order valence-electron chi connectivity index (χ3n) is 4.90. The average Bonchev–Trinajstić information content (AvgIpc) is 3.02. The Morgan fingerprint density at radius 2 is 2.05 bits per heavy atom. The Morgan fingerprint density at radius 1 is 1.40 bits per heavy atom. The van der Waals surface area contributed by atoms with Gasteiger partial charge in [-0.15, -0.1) is 0 Å². The summed E-state index contributed by atoms with van der Waals surface area (Å²) in [7, 11) is -3.22. The van der Waals surface area contributed by atoms with Gasteiger partial charge in [0.1, 0.15) is 4.75 Å². The van der Waals surface area contributed by atoms with Crippen molar-refractivity contribution >= 4 is 15.7 Å². The van der Waals surface area contributed by atoms with Crippen LogP contribution in [0.25, 0.3) is 0 Å². The van der Waals surface area contributed by atoms with Gasteiger partial charge in [0, 0.05) is 25.6 Å². The van der Waals surface area contributed by atoms with E-state index in [0.717, 1.165) is 0 Å². The van der Waals surface area contributed by atoms with Crippen molar-refractivity contribution in [1.82, 2.24) is 4.90 Å². The summed E-state index contributed by atoms with van der Waals surface area (Å²) in [5.74, 6) is -0.459. The minimum Gasteiger partial charge on any atom is -0.381 e. The molecule has 2 aliphatic heterocycles. The van der Waals surface area contributed by atoms with Crippen LogP contribution in [-0.4, -0.2) is 61.7 Å². The van der Waals surface area contributed by atoms with Crippen molar-refractivity contribution in [2.24, 2.45) is 5.92 Å². The SMILES string of the molecule is CCOCC1CCS(=O)(=O)C12CN(C(=O)C1(F)CC1)C2. The maximum atomic E-state index is 13.8. The number of hydrogen-bond acceptors (Lipinski definition) is 4. The minimum absolute atomic E-state index is 0.0775. The number of ether oxygens (including phenoxy) is 1. The van der Waals surface area contributed by atoms with Gasteiger partial charge >= 0.3 is 0 Å². The Balaban J connectivity index is 1.73. The number of rotatable bonds is 4. The van der Waals surface area contributed by atoms with E-state index in [0.29, 0.717) is 19.6 Å². The second-order valence-corrected chi connectivity index (χ2v) is 8.61. The second kappa shape index (κ2) is 4.40. The molecule has 1 unspecified atom stereocenters. The molecule has 0 radical (unpaired) electrons. The normalized spacial score (nSPS) is 32.1. The molecular formula is C13H20FNO4S. The van der Waals surface area contributed by atoms with Crippen LogP contribution in [0.3, 0.4) is 0 Å². The van der Waals surface area contributed by atoms with Gasteiger partial charge in [-0.05, 0) is 26.2 Å². The van der Waals surface area contributed by atoms with Crippen LogP contribution in [0.1, 0.15) is 26.2 Å². The van der Waals surface area contributed by atoms with Crippen molar-refractivity contribution in [3.8, 4) is 0 Å². The van der Waals surface area contributed by atoms with Crippen LogP contribution < -0.4 is 0 Å². The van der Waals surface area contributed by atoms with Gasteiger partial charge in [0.15, 0.2) is 15.5 Å². The lowest BCUT2D eigenvalue weighted by molar-refractivity contribution is -0.145. The first-order valence-electron chi connectivity index (χ1n) is 7.13. The lowest BCUT2D eigenvalue weighted by Gasteiger charge is -2.50. The number of carbonyl (C=O) groups excluding carboxylic acids is 1. The fraction of sp³-hybridized carbons (Fsp3) is 0.923. The van der Waals surface area contributed by atoms with Crippen LogP contribution in [0.2, 0.25) is 0 Å². The van der Waals surface area contributed by atoms with Crippen molar-refractivity contribution in [3.63, 3.8) is 0 Å². The maximum absolute atomic E-state index is 13.8. The molecule has 1 spiro atoms. The van der Waals surface area contributed by atoms with Crippen molar-refractivity contribution < 1.29 is 22.3 Å². The molecule has 5 nitrogen and oxygen atoms in total. The van der Waals surface area contributed by atoms with Gasteiger partial charge in [0.2, 0.25) is 0 Å². The molecular weight excluding hydrogens is 285 g/mol. The van der Waals surface area contributed by atoms with E-state index >= 15 is 0 Å². The van der Waals surface area contributed by atoms with Gasteiger partial charge in [0.25, 0.3) is 5.91 Å². The molecule has 0 aromatic heterocycles. The number of hydrogen-bond donors (Lipinski definition) is 0. The van der Waals surface area contributed by atoms with E-state index in [9.17, 15) is 17.6 Å². The number of nitrogens with zero attached hydrogens (tertiary/aromatic N) is 1. The molecule has 0 N–H and O–H groups in total. The number of likely N-dealkylation sites (tertiary alicyclic amines) is 1. The van der Waals surface area contributed by atoms with Gasteiger partial charge in [-0.1, -0.05) is 0 Å². The zero-order valence-electron chi connectivity index (χ0n) is 11.6. The molecule has 1 aliphatic carbocycles. The molecule has 1 atom stereocenters. The molecule has 0 bridgehead atoms. The predicted octanol–water partition coefficient (Wildman–Crippen LogP) is 0.541. The molecule has 114 valence electrons. The van der Waals surface area contributed by atoms with E-state index in [1.807, 2.05) is 6.92 Å². The fourth-order valence-corrected chi connectivity index (χ4v) is 5.72. The third-order valence-corrected chi connectivity index (χ3v) is 7.50. The fourth-order valence-electron chi connectivity index (χ4n) is 3.32. The van der Waals surface area contributed by atoms with Crippen molar-refractivity contribution in [2.75, 3.05) is 32.1 Å². The summed E-state index contributed by atoms with van der Waals surface area (Å²) in [6.45, 7) is 3.09. The summed E-state index contributed by atoms with van der Waals surface area (Å²) >= 11 is 0. The van der Waals surface area contributed by atoms with Crippen LogP contribution in [0.15, 0.2) is 0 Å². The summed E-state index contributed by atoms with van der Waals surface area (Å²) in [6, 6.07) is 0. The number of amides is 1. The van der Waals surface area contributed by atoms with Gasteiger partial charge in [-0.3, -0.25) is 4.79 Å². The number of carbonyl (C=O) groups is 1. The monoisotopic (exact) mass is 305 g/mol. The maximum Gasteiger partial charge on any atom is 0.260 e. The average molecular weight is 305 g/mol. The van der Waals surface area contributed by atoms with Gasteiger partial charge in [0.05, 0.1) is 12.4 Å². The van der Waals surface area contributed by atoms with Crippen LogP contribution in [0.5, 0.6) is 0 Å². The minimum atomic E-state index is -3.22. The highest BCUT2D eigenvalue weighted by molar-refractivity contribution is 7.93. The van der Waals surface area contributed by atoms with E-state index in [-0.39, 0.29) is 37.6 Å². The molecule has 3 rings (SSSR count). The molecule has 2 heterocycles. The van der Waals surface area contributed by atoms with E-state index in [1.54, 1.807) is 0 Å². The Morgan fingerprint density at radius 3 is 2.60 bits per heavy atom. The summed E-state index contributed by atoms with van der Waals surface area (Å²) in [4.78, 5) is 13.3. The summed E-state index contributed by atoms with van der Waals surface area (Å²) in [5.41, 5.74) is -1.71. The Bertz CT molecular complexity index is 522. The highest BCUT2D eigenvalue weighted by atomic mass is 32.2. The number of alkyl halides is 1. The molecule has 7 heteroatoms. The number of halogens is 1. The van der Waals surface area contributed by atoms with Crippen LogP contribution in [-0.2, 0) is 19.4 Å². The molecule has 1 saturated carbocycles. The Kier molecular flexibility index (Phi) is 3.14. The van der Waals surface area contributed by atoms with Crippen molar-refractivity contribution in [3.05, 3.63) is 0 Å². The van der Waals surface area contributed by atoms with Crippen molar-refractivity contribution in [2.45, 2.75) is 36.6 Å². The molecule has 0 aromatic carbocycles. The zero-order chi connectivity index (χ0) is 14.6. The first kappa shape index (κ1) is 14.3. The second-order valence-electron chi connectivity index (χ2n) is 6.16. The van der Waals surface area contributed by atoms with E-state index < -0.39 is 26.2 Å². The first-order valence-corrected chi connectivity index (χ1v) is 8.78. The molecule has 2 saturated heterocycles. The standard InChI is InChI=1S/C13H20FNO4S/c1-2-19-7-10-3-6-20(17,18)13(10)8-15(9-13)11(16)12(14)4-5-12/h10H,2-9H2,1H3. The van der Waals surface area contributed by atoms with Gasteiger partial charge in [-0.2, -0.15) is 0 Å². The van der Waals surface area contributed by atoms with Crippen LogP contribution in [0.4, 0.5) is 4.39 Å². The van der Waals surface area contributed by atoms with Gasteiger partial charge in [-0.25, -0.2) is 12.8 Å². The third kappa shape index (κ3) is 1.89. The number of sulfone groups is 1. The highest BCUT2D eigenvalue weighted by Gasteiger charge is 2.65. The largest absolute Gasteiger partial charge is 0.381 e. The van der Waals surface area contributed by atoms with Gasteiger partial charge < -0.3 is 9.64 Å². The molecule has 0 aromatic rings. The molecule has 3 aliphatic rings. The van der Waals surface area contributed by atoms with Crippen LogP contribution in [0, 0.1) is 5.92 Å². The lowest BCUT2D eigenvalue weighted by atomic mass is 9.83. The zero-order valence-corrected chi connectivity index (χ0v) is 12.4. The van der Waals surface area contributed by atoms with Crippen molar-refractivity contribution in [1.29, 1.82) is 0 Å². The predicted molar refractivity (Wildman–Crippen MR) is 70.8 cm³/mol. The van der Waals surface area contributed by atoms with E-state index in [4.69, 9.17) is 4.74 Å². The molecule has 20 heavy (non-hydrogen) atoms. The van der Waals surface area contributed by atoms with Crippen LogP contribution >= 0.6 is 0 Å². The Labute approximate surface area is 118 Å².